The van der Waals surface area contributed by atoms with E-state index in [1.807, 2.05) is 42.5 Å². The van der Waals surface area contributed by atoms with Crippen molar-refractivity contribution < 1.29 is 14.6 Å². The molecule has 1 unspecified atom stereocenters. The maximum atomic E-state index is 10.5. The SMILES string of the molecule is COc1cccc2c1C(O)c1ccccc1CO2. The Labute approximate surface area is 106 Å². The van der Waals surface area contributed by atoms with E-state index < -0.39 is 6.10 Å². The molecule has 3 rings (SSSR count). The molecular weight excluding hydrogens is 228 g/mol. The van der Waals surface area contributed by atoms with Crippen molar-refractivity contribution in [1.82, 2.24) is 0 Å². The summed E-state index contributed by atoms with van der Waals surface area (Å²) in [5.41, 5.74) is 2.58. The van der Waals surface area contributed by atoms with Crippen molar-refractivity contribution in [3.63, 3.8) is 0 Å². The van der Waals surface area contributed by atoms with Crippen molar-refractivity contribution >= 4 is 0 Å². The zero-order valence-corrected chi connectivity index (χ0v) is 10.1. The third kappa shape index (κ3) is 1.64. The van der Waals surface area contributed by atoms with Crippen LogP contribution in [0.4, 0.5) is 0 Å². The maximum Gasteiger partial charge on any atom is 0.129 e. The van der Waals surface area contributed by atoms with Crippen LogP contribution in [0.5, 0.6) is 11.5 Å². The van der Waals surface area contributed by atoms with Gasteiger partial charge in [-0.05, 0) is 23.3 Å². The molecule has 0 fully saturated rings. The number of ether oxygens (including phenoxy) is 2. The number of aliphatic hydroxyl groups excluding tert-OH is 1. The second kappa shape index (κ2) is 4.35. The van der Waals surface area contributed by atoms with Crippen molar-refractivity contribution in [3.05, 3.63) is 59.2 Å². The second-order valence-corrected chi connectivity index (χ2v) is 4.26. The second-order valence-electron chi connectivity index (χ2n) is 4.26. The van der Waals surface area contributed by atoms with Gasteiger partial charge in [0.2, 0.25) is 0 Å². The lowest BCUT2D eigenvalue weighted by molar-refractivity contribution is 0.212. The van der Waals surface area contributed by atoms with Crippen LogP contribution in [0.3, 0.4) is 0 Å². The fourth-order valence-electron chi connectivity index (χ4n) is 2.34. The number of hydrogen-bond acceptors (Lipinski definition) is 3. The molecule has 3 nitrogen and oxygen atoms in total. The van der Waals surface area contributed by atoms with Crippen LogP contribution in [-0.2, 0) is 6.61 Å². The molecule has 0 saturated heterocycles. The molecular formula is C15H14O3. The normalized spacial score (nSPS) is 17.1. The van der Waals surface area contributed by atoms with Gasteiger partial charge in [-0.25, -0.2) is 0 Å². The Kier molecular flexibility index (Phi) is 2.68. The van der Waals surface area contributed by atoms with E-state index in [1.165, 1.54) is 0 Å². The molecule has 0 aliphatic carbocycles. The summed E-state index contributed by atoms with van der Waals surface area (Å²) in [5.74, 6) is 1.33. The molecule has 1 N–H and O–H groups in total. The highest BCUT2D eigenvalue weighted by atomic mass is 16.5. The first kappa shape index (κ1) is 11.1. The molecule has 1 heterocycles. The fraction of sp³-hybridized carbons (Fsp3) is 0.200. The van der Waals surface area contributed by atoms with Crippen LogP contribution in [0.1, 0.15) is 22.8 Å². The summed E-state index contributed by atoms with van der Waals surface area (Å²) in [4.78, 5) is 0. The molecule has 0 radical (unpaired) electrons. The predicted molar refractivity (Wildman–Crippen MR) is 67.8 cm³/mol. The Morgan fingerprint density at radius 1 is 1.17 bits per heavy atom. The molecule has 0 saturated carbocycles. The first-order valence-electron chi connectivity index (χ1n) is 5.87. The smallest absolute Gasteiger partial charge is 0.129 e. The minimum Gasteiger partial charge on any atom is -0.496 e. The van der Waals surface area contributed by atoms with Crippen LogP contribution >= 0.6 is 0 Å². The topological polar surface area (TPSA) is 38.7 Å². The van der Waals surface area contributed by atoms with E-state index in [-0.39, 0.29) is 0 Å². The van der Waals surface area contributed by atoms with Crippen molar-refractivity contribution in [3.8, 4) is 11.5 Å². The van der Waals surface area contributed by atoms with Crippen LogP contribution in [0.25, 0.3) is 0 Å². The summed E-state index contributed by atoms with van der Waals surface area (Å²) in [6.45, 7) is 0.466. The number of fused-ring (bicyclic) bond motifs is 2. The minimum absolute atomic E-state index is 0.466. The largest absolute Gasteiger partial charge is 0.496 e. The Morgan fingerprint density at radius 3 is 2.83 bits per heavy atom. The monoisotopic (exact) mass is 242 g/mol. The van der Waals surface area contributed by atoms with Gasteiger partial charge >= 0.3 is 0 Å². The highest BCUT2D eigenvalue weighted by Gasteiger charge is 2.25. The molecule has 1 aliphatic rings. The van der Waals surface area contributed by atoms with Gasteiger partial charge in [0.15, 0.2) is 0 Å². The number of aliphatic hydroxyl groups is 1. The molecule has 1 aliphatic heterocycles. The quantitative estimate of drug-likeness (QED) is 0.835. The van der Waals surface area contributed by atoms with Crippen molar-refractivity contribution in [1.29, 1.82) is 0 Å². The molecule has 1 atom stereocenters. The van der Waals surface area contributed by atoms with Crippen LogP contribution in [0.2, 0.25) is 0 Å². The molecule has 0 amide bonds. The van der Waals surface area contributed by atoms with E-state index in [4.69, 9.17) is 9.47 Å². The van der Waals surface area contributed by atoms with Gasteiger partial charge in [-0.2, -0.15) is 0 Å². The maximum absolute atomic E-state index is 10.5. The van der Waals surface area contributed by atoms with Crippen LogP contribution < -0.4 is 9.47 Å². The summed E-state index contributed by atoms with van der Waals surface area (Å²) >= 11 is 0. The molecule has 0 aromatic heterocycles. The van der Waals surface area contributed by atoms with Gasteiger partial charge < -0.3 is 14.6 Å². The van der Waals surface area contributed by atoms with Crippen molar-refractivity contribution in [2.24, 2.45) is 0 Å². The van der Waals surface area contributed by atoms with Crippen molar-refractivity contribution in [2.45, 2.75) is 12.7 Å². The summed E-state index contributed by atoms with van der Waals surface area (Å²) in [5, 5.41) is 10.5. The van der Waals surface area contributed by atoms with Crippen LogP contribution in [0.15, 0.2) is 42.5 Å². The summed E-state index contributed by atoms with van der Waals surface area (Å²) < 4.78 is 11.1. The predicted octanol–water partition coefficient (Wildman–Crippen LogP) is 2.67. The molecule has 0 bridgehead atoms. The molecule has 2 aromatic rings. The van der Waals surface area contributed by atoms with Gasteiger partial charge in [0.05, 0.1) is 12.7 Å². The van der Waals surface area contributed by atoms with Gasteiger partial charge in [-0.15, -0.1) is 0 Å². The van der Waals surface area contributed by atoms with E-state index in [0.29, 0.717) is 23.7 Å². The zero-order valence-electron chi connectivity index (χ0n) is 10.1. The van der Waals surface area contributed by atoms with E-state index in [9.17, 15) is 5.11 Å². The first-order chi connectivity index (χ1) is 8.81. The van der Waals surface area contributed by atoms with E-state index in [1.54, 1.807) is 7.11 Å². The Morgan fingerprint density at radius 2 is 2.00 bits per heavy atom. The highest BCUT2D eigenvalue weighted by molar-refractivity contribution is 5.52. The average molecular weight is 242 g/mol. The van der Waals surface area contributed by atoms with Gasteiger partial charge in [-0.3, -0.25) is 0 Å². The van der Waals surface area contributed by atoms with Crippen molar-refractivity contribution in [2.75, 3.05) is 7.11 Å². The highest BCUT2D eigenvalue weighted by Crippen LogP contribution is 2.40. The average Bonchev–Trinajstić information content (AvgIpc) is 2.57. The van der Waals surface area contributed by atoms with Gasteiger partial charge in [-0.1, -0.05) is 30.3 Å². The number of benzene rings is 2. The molecule has 18 heavy (non-hydrogen) atoms. The van der Waals surface area contributed by atoms with Gasteiger partial charge in [0.1, 0.15) is 24.2 Å². The molecule has 2 aromatic carbocycles. The van der Waals surface area contributed by atoms with E-state index in [0.717, 1.165) is 11.1 Å². The van der Waals surface area contributed by atoms with Gasteiger partial charge in [0.25, 0.3) is 0 Å². The Bertz CT molecular complexity index is 578. The standard InChI is InChI=1S/C15H14O3/c1-17-12-7-4-8-13-14(12)15(16)11-6-3-2-5-10(11)9-18-13/h2-8,15-16H,9H2,1H3. The summed E-state index contributed by atoms with van der Waals surface area (Å²) in [6, 6.07) is 13.3. The Balaban J connectivity index is 2.20. The fourth-order valence-corrected chi connectivity index (χ4v) is 2.34. The first-order valence-corrected chi connectivity index (χ1v) is 5.87. The van der Waals surface area contributed by atoms with E-state index >= 15 is 0 Å². The lowest BCUT2D eigenvalue weighted by Gasteiger charge is -2.16. The number of methoxy groups -OCH3 is 1. The summed E-state index contributed by atoms with van der Waals surface area (Å²) in [6.07, 6.45) is -0.713. The van der Waals surface area contributed by atoms with E-state index in [2.05, 4.69) is 0 Å². The lowest BCUT2D eigenvalue weighted by Crippen LogP contribution is -2.03. The van der Waals surface area contributed by atoms with Gasteiger partial charge in [0, 0.05) is 0 Å². The Hall–Kier alpha value is -2.00. The molecule has 92 valence electrons. The molecule has 3 heteroatoms. The van der Waals surface area contributed by atoms with Crippen LogP contribution in [-0.4, -0.2) is 12.2 Å². The zero-order chi connectivity index (χ0) is 12.5. The molecule has 0 spiro atoms. The minimum atomic E-state index is -0.713. The number of rotatable bonds is 1. The van der Waals surface area contributed by atoms with Crippen LogP contribution in [0, 0.1) is 0 Å². The number of hydrogen-bond donors (Lipinski definition) is 1. The summed E-state index contributed by atoms with van der Waals surface area (Å²) in [7, 11) is 1.60. The third-order valence-electron chi connectivity index (χ3n) is 3.25. The third-order valence-corrected chi connectivity index (χ3v) is 3.25. The lowest BCUT2D eigenvalue weighted by atomic mass is 9.97.